The average Bonchev–Trinajstić information content (AvgIpc) is 2.53. The molecule has 0 aliphatic carbocycles. The highest BCUT2D eigenvalue weighted by Crippen LogP contribution is 2.22. The number of fused-ring (bicyclic) bond motifs is 1. The zero-order valence-electron chi connectivity index (χ0n) is 12.1. The number of pyridine rings is 1. The van der Waals surface area contributed by atoms with Gasteiger partial charge in [-0.3, -0.25) is 16.3 Å². The third-order valence-corrected chi connectivity index (χ3v) is 3.91. The molecule has 1 heterocycles. The minimum absolute atomic E-state index is 0.0693. The number of hydrogen-bond acceptors (Lipinski definition) is 3. The Balaban J connectivity index is 1.90. The van der Waals surface area contributed by atoms with Crippen LogP contribution in [0.4, 0.5) is 0 Å². The van der Waals surface area contributed by atoms with Crippen molar-refractivity contribution in [1.29, 1.82) is 0 Å². The van der Waals surface area contributed by atoms with Gasteiger partial charge in [-0.2, -0.15) is 0 Å². The molecule has 0 bridgehead atoms. The van der Waals surface area contributed by atoms with Gasteiger partial charge in [0.25, 0.3) is 0 Å². The van der Waals surface area contributed by atoms with E-state index < -0.39 is 0 Å². The highest BCUT2D eigenvalue weighted by molar-refractivity contribution is 5.83. The van der Waals surface area contributed by atoms with Crippen molar-refractivity contribution in [3.8, 4) is 0 Å². The van der Waals surface area contributed by atoms with Crippen LogP contribution in [0.25, 0.3) is 10.8 Å². The molecule has 1 aromatic heterocycles. The Hall–Kier alpha value is -2.23. The van der Waals surface area contributed by atoms with Gasteiger partial charge < -0.3 is 0 Å². The first-order valence-electron chi connectivity index (χ1n) is 7.12. The van der Waals surface area contributed by atoms with E-state index in [4.69, 9.17) is 5.84 Å². The third kappa shape index (κ3) is 2.94. The molecule has 3 aromatic rings. The second kappa shape index (κ2) is 6.04. The second-order valence-electron chi connectivity index (χ2n) is 5.34. The van der Waals surface area contributed by atoms with Gasteiger partial charge in [0.05, 0.1) is 6.04 Å². The van der Waals surface area contributed by atoms with E-state index in [1.165, 1.54) is 21.9 Å². The van der Waals surface area contributed by atoms with Crippen LogP contribution in [0.3, 0.4) is 0 Å². The summed E-state index contributed by atoms with van der Waals surface area (Å²) in [5.41, 5.74) is 6.53. The summed E-state index contributed by atoms with van der Waals surface area (Å²) in [6.45, 7) is 2.09. The number of nitrogens with two attached hydrogens (primary N) is 1. The van der Waals surface area contributed by atoms with Crippen LogP contribution in [0.2, 0.25) is 0 Å². The molecule has 2 aromatic carbocycles. The molecule has 3 nitrogen and oxygen atoms in total. The largest absolute Gasteiger partial charge is 0.271 e. The van der Waals surface area contributed by atoms with E-state index in [2.05, 4.69) is 59.8 Å². The van der Waals surface area contributed by atoms with Crippen LogP contribution >= 0.6 is 0 Å². The molecule has 0 aliphatic rings. The Bertz CT molecular complexity index is 752. The summed E-state index contributed by atoms with van der Waals surface area (Å²) < 4.78 is 0. The highest BCUT2D eigenvalue weighted by atomic mass is 15.2. The third-order valence-electron chi connectivity index (χ3n) is 3.91. The summed E-state index contributed by atoms with van der Waals surface area (Å²) in [7, 11) is 0. The van der Waals surface area contributed by atoms with Crippen molar-refractivity contribution in [3.63, 3.8) is 0 Å². The topological polar surface area (TPSA) is 50.9 Å². The number of hydrogen-bond donors (Lipinski definition) is 2. The number of rotatable bonds is 4. The van der Waals surface area contributed by atoms with Gasteiger partial charge in [-0.05, 0) is 46.9 Å². The maximum Gasteiger partial charge on any atom is 0.0518 e. The zero-order chi connectivity index (χ0) is 14.7. The molecule has 0 saturated carbocycles. The monoisotopic (exact) mass is 277 g/mol. The quantitative estimate of drug-likeness (QED) is 0.568. The number of aromatic nitrogens is 1. The van der Waals surface area contributed by atoms with Crippen molar-refractivity contribution in [2.75, 3.05) is 0 Å². The van der Waals surface area contributed by atoms with E-state index in [9.17, 15) is 0 Å². The predicted octanol–water partition coefficient (Wildman–Crippen LogP) is 3.29. The van der Waals surface area contributed by atoms with Crippen LogP contribution < -0.4 is 11.3 Å². The van der Waals surface area contributed by atoms with Crippen LogP contribution in [-0.2, 0) is 6.42 Å². The number of nitrogens with zero attached hydrogens (tertiary/aromatic N) is 1. The summed E-state index contributed by atoms with van der Waals surface area (Å²) in [6.07, 6.45) is 4.54. The lowest BCUT2D eigenvalue weighted by atomic mass is 9.96. The molecule has 0 radical (unpaired) electrons. The Morgan fingerprint density at radius 1 is 1.10 bits per heavy atom. The smallest absolute Gasteiger partial charge is 0.0518 e. The minimum Gasteiger partial charge on any atom is -0.271 e. The first-order chi connectivity index (χ1) is 10.3. The van der Waals surface area contributed by atoms with Gasteiger partial charge in [-0.1, -0.05) is 42.5 Å². The van der Waals surface area contributed by atoms with Crippen LogP contribution in [0, 0.1) is 6.92 Å². The summed E-state index contributed by atoms with van der Waals surface area (Å²) in [5, 5.41) is 2.52. The molecule has 3 rings (SSSR count). The standard InChI is InChI=1S/C18H19N3/c1-13-8-9-20-12-17(13)18(21-19)11-14-6-7-15-4-2-3-5-16(15)10-14/h2-10,12,18,21H,11,19H2,1H3. The molecular formula is C18H19N3. The summed E-state index contributed by atoms with van der Waals surface area (Å²) in [5.74, 6) is 5.76. The maximum atomic E-state index is 5.76. The van der Waals surface area contributed by atoms with Crippen molar-refractivity contribution < 1.29 is 0 Å². The van der Waals surface area contributed by atoms with Crippen molar-refractivity contribution in [2.24, 2.45) is 5.84 Å². The van der Waals surface area contributed by atoms with Crippen molar-refractivity contribution in [2.45, 2.75) is 19.4 Å². The molecule has 21 heavy (non-hydrogen) atoms. The molecule has 3 N–H and O–H groups in total. The molecule has 0 aliphatic heterocycles. The molecule has 3 heteroatoms. The van der Waals surface area contributed by atoms with E-state index >= 15 is 0 Å². The Morgan fingerprint density at radius 3 is 2.67 bits per heavy atom. The van der Waals surface area contributed by atoms with Crippen LogP contribution in [0.15, 0.2) is 60.9 Å². The lowest BCUT2D eigenvalue weighted by molar-refractivity contribution is 0.548. The lowest BCUT2D eigenvalue weighted by Gasteiger charge is -2.18. The Kier molecular flexibility index (Phi) is 3.95. The number of benzene rings is 2. The van der Waals surface area contributed by atoms with Crippen LogP contribution in [0.5, 0.6) is 0 Å². The summed E-state index contributed by atoms with van der Waals surface area (Å²) >= 11 is 0. The van der Waals surface area contributed by atoms with Gasteiger partial charge in [0.2, 0.25) is 0 Å². The molecule has 1 unspecified atom stereocenters. The van der Waals surface area contributed by atoms with Gasteiger partial charge in [0.1, 0.15) is 0 Å². The van der Waals surface area contributed by atoms with Gasteiger partial charge in [0.15, 0.2) is 0 Å². The molecular weight excluding hydrogens is 258 g/mol. The zero-order valence-corrected chi connectivity index (χ0v) is 12.1. The minimum atomic E-state index is 0.0693. The van der Waals surface area contributed by atoms with Crippen LogP contribution in [-0.4, -0.2) is 4.98 Å². The van der Waals surface area contributed by atoms with E-state index in [-0.39, 0.29) is 6.04 Å². The van der Waals surface area contributed by atoms with Crippen molar-refractivity contribution in [3.05, 3.63) is 77.6 Å². The fourth-order valence-corrected chi connectivity index (χ4v) is 2.70. The predicted molar refractivity (Wildman–Crippen MR) is 86.7 cm³/mol. The fourth-order valence-electron chi connectivity index (χ4n) is 2.70. The summed E-state index contributed by atoms with van der Waals surface area (Å²) in [6, 6.07) is 17.0. The van der Waals surface area contributed by atoms with Crippen molar-refractivity contribution in [1.82, 2.24) is 10.4 Å². The molecule has 1 atom stereocenters. The molecule has 0 fully saturated rings. The number of nitrogens with one attached hydrogen (secondary N) is 1. The van der Waals surface area contributed by atoms with E-state index in [0.29, 0.717) is 0 Å². The second-order valence-corrected chi connectivity index (χ2v) is 5.34. The van der Waals surface area contributed by atoms with E-state index in [0.717, 1.165) is 12.0 Å². The number of aryl methyl sites for hydroxylation is 1. The Labute approximate surface area is 124 Å². The van der Waals surface area contributed by atoms with Gasteiger partial charge in [0, 0.05) is 12.4 Å². The summed E-state index contributed by atoms with van der Waals surface area (Å²) in [4.78, 5) is 4.21. The van der Waals surface area contributed by atoms with E-state index in [1.54, 1.807) is 0 Å². The van der Waals surface area contributed by atoms with Gasteiger partial charge >= 0.3 is 0 Å². The Morgan fingerprint density at radius 2 is 1.90 bits per heavy atom. The van der Waals surface area contributed by atoms with Crippen molar-refractivity contribution >= 4 is 10.8 Å². The van der Waals surface area contributed by atoms with Gasteiger partial charge in [-0.15, -0.1) is 0 Å². The fraction of sp³-hybridized carbons (Fsp3) is 0.167. The molecule has 0 amide bonds. The van der Waals surface area contributed by atoms with E-state index in [1.807, 2.05) is 18.5 Å². The average molecular weight is 277 g/mol. The normalized spacial score (nSPS) is 12.5. The van der Waals surface area contributed by atoms with Crippen LogP contribution in [0.1, 0.15) is 22.7 Å². The molecule has 106 valence electrons. The lowest BCUT2D eigenvalue weighted by Crippen LogP contribution is -2.30. The number of hydrazine groups is 1. The first-order valence-corrected chi connectivity index (χ1v) is 7.12. The highest BCUT2D eigenvalue weighted by Gasteiger charge is 2.13. The molecule has 0 saturated heterocycles. The van der Waals surface area contributed by atoms with Gasteiger partial charge in [-0.25, -0.2) is 0 Å². The first kappa shape index (κ1) is 13.7. The maximum absolute atomic E-state index is 5.76. The SMILES string of the molecule is Cc1ccncc1C(Cc1ccc2ccccc2c1)NN. The molecule has 0 spiro atoms.